The molecule has 3 unspecified atom stereocenters. The first-order valence-electron chi connectivity index (χ1n) is 11.5. The van der Waals surface area contributed by atoms with E-state index >= 15 is 0 Å². The standard InChI is InChI=1S/C24H46IO2Si/c1-22(2,3)28(7,8)27-21-12-10-16-24(6)19(13-14-20(21)24)18(17-25)11-9-15-23(4,5)26/h11,18-21,26H,9-10,12-17H2,1-8H3/t18?,19?,20?,21-,24+/m0/s1. The summed E-state index contributed by atoms with van der Waals surface area (Å²) in [6.07, 6.45) is 11.5. The van der Waals surface area contributed by atoms with Crippen molar-refractivity contribution in [2.24, 2.45) is 23.2 Å². The Hall–Kier alpha value is 0.867. The minimum absolute atomic E-state index is 0.286. The summed E-state index contributed by atoms with van der Waals surface area (Å²) < 4.78 is 8.20. The van der Waals surface area contributed by atoms with Crippen molar-refractivity contribution in [1.82, 2.24) is 0 Å². The summed E-state index contributed by atoms with van der Waals surface area (Å²) in [5.41, 5.74) is -0.131. The minimum Gasteiger partial charge on any atom is -0.414 e. The molecule has 2 nitrogen and oxygen atoms in total. The molecule has 0 heterocycles. The Balaban J connectivity index is 2.09. The highest BCUT2D eigenvalue weighted by Crippen LogP contribution is 2.59. The van der Waals surface area contributed by atoms with E-state index in [9.17, 15) is 5.11 Å². The van der Waals surface area contributed by atoms with Gasteiger partial charge in [0.25, 0.3) is 0 Å². The molecule has 4 heteroatoms. The average molecular weight is 522 g/mol. The summed E-state index contributed by atoms with van der Waals surface area (Å²) in [5.74, 6) is 2.18. The van der Waals surface area contributed by atoms with E-state index in [0.29, 0.717) is 17.4 Å². The predicted molar refractivity (Wildman–Crippen MR) is 132 cm³/mol. The van der Waals surface area contributed by atoms with Crippen LogP contribution >= 0.6 is 22.6 Å². The lowest BCUT2D eigenvalue weighted by Crippen LogP contribution is -2.50. The molecule has 2 rings (SSSR count). The second-order valence-electron chi connectivity index (χ2n) is 12.0. The number of halogens is 1. The van der Waals surface area contributed by atoms with E-state index in [0.717, 1.165) is 24.7 Å². The first kappa shape index (κ1) is 25.1. The van der Waals surface area contributed by atoms with E-state index in [2.05, 4.69) is 69.8 Å². The van der Waals surface area contributed by atoms with Crippen LogP contribution < -0.4 is 0 Å². The molecule has 2 aliphatic carbocycles. The molecule has 0 amide bonds. The largest absolute Gasteiger partial charge is 0.414 e. The van der Waals surface area contributed by atoms with Gasteiger partial charge in [0.2, 0.25) is 0 Å². The molecule has 28 heavy (non-hydrogen) atoms. The molecule has 2 saturated carbocycles. The molecule has 0 aromatic rings. The Morgan fingerprint density at radius 1 is 1.18 bits per heavy atom. The topological polar surface area (TPSA) is 29.5 Å². The zero-order valence-electron chi connectivity index (χ0n) is 19.8. The number of aliphatic hydroxyl groups is 1. The van der Waals surface area contributed by atoms with Crippen molar-refractivity contribution < 1.29 is 9.53 Å². The van der Waals surface area contributed by atoms with Gasteiger partial charge in [0, 0.05) is 10.5 Å². The van der Waals surface area contributed by atoms with Crippen LogP contribution in [0.1, 0.15) is 86.5 Å². The molecule has 2 fully saturated rings. The second-order valence-corrected chi connectivity index (χ2v) is 17.6. The average Bonchev–Trinajstić information content (AvgIpc) is 2.87. The molecule has 1 N–H and O–H groups in total. The van der Waals surface area contributed by atoms with Gasteiger partial charge in [0.1, 0.15) is 0 Å². The Labute approximate surface area is 190 Å². The summed E-state index contributed by atoms with van der Waals surface area (Å²) in [6, 6.07) is 0. The Morgan fingerprint density at radius 2 is 1.82 bits per heavy atom. The Morgan fingerprint density at radius 3 is 2.36 bits per heavy atom. The van der Waals surface area contributed by atoms with Crippen molar-refractivity contribution in [3.63, 3.8) is 0 Å². The maximum atomic E-state index is 10.1. The van der Waals surface area contributed by atoms with Crippen molar-refractivity contribution in [3.05, 3.63) is 6.42 Å². The number of hydrogen-bond acceptors (Lipinski definition) is 2. The van der Waals surface area contributed by atoms with Crippen LogP contribution in [0.2, 0.25) is 18.1 Å². The van der Waals surface area contributed by atoms with Crippen LogP contribution in [-0.4, -0.2) is 29.6 Å². The van der Waals surface area contributed by atoms with Gasteiger partial charge >= 0.3 is 0 Å². The van der Waals surface area contributed by atoms with Crippen LogP contribution in [0.5, 0.6) is 0 Å². The molecule has 0 aromatic carbocycles. The van der Waals surface area contributed by atoms with E-state index in [1.165, 1.54) is 36.5 Å². The number of rotatable bonds is 8. The quantitative estimate of drug-likeness (QED) is 0.205. The SMILES string of the molecule is CC(C)(O)CC[CH]C(CI)C1CCC2[C@@H](O[Si](C)(C)C(C)(C)C)CCC[C@]12C. The first-order chi connectivity index (χ1) is 12.7. The third-order valence-electron chi connectivity index (χ3n) is 8.31. The molecular weight excluding hydrogens is 475 g/mol. The Bertz CT molecular complexity index is 508. The van der Waals surface area contributed by atoms with Gasteiger partial charge in [0.15, 0.2) is 8.32 Å². The van der Waals surface area contributed by atoms with Crippen LogP contribution in [0.4, 0.5) is 0 Å². The first-order valence-corrected chi connectivity index (χ1v) is 15.9. The maximum Gasteiger partial charge on any atom is 0.192 e. The van der Waals surface area contributed by atoms with E-state index < -0.39 is 13.9 Å². The number of hydrogen-bond donors (Lipinski definition) is 1. The smallest absolute Gasteiger partial charge is 0.192 e. The zero-order valence-corrected chi connectivity index (χ0v) is 22.9. The molecule has 0 spiro atoms. The van der Waals surface area contributed by atoms with Gasteiger partial charge in [-0.3, -0.25) is 0 Å². The van der Waals surface area contributed by atoms with Crippen LogP contribution in [0, 0.1) is 29.6 Å². The molecule has 5 atom stereocenters. The fraction of sp³-hybridized carbons (Fsp3) is 0.958. The van der Waals surface area contributed by atoms with Gasteiger partial charge in [-0.15, -0.1) is 0 Å². The fourth-order valence-electron chi connectivity index (χ4n) is 5.55. The second kappa shape index (κ2) is 9.16. The highest BCUT2D eigenvalue weighted by atomic mass is 127. The van der Waals surface area contributed by atoms with E-state index in [1.54, 1.807) is 0 Å². The fourth-order valence-corrected chi connectivity index (χ4v) is 7.91. The molecule has 0 saturated heterocycles. The van der Waals surface area contributed by atoms with Gasteiger partial charge in [0.05, 0.1) is 5.60 Å². The summed E-state index contributed by atoms with van der Waals surface area (Å²) >= 11 is 2.59. The van der Waals surface area contributed by atoms with Gasteiger partial charge in [-0.2, -0.15) is 0 Å². The summed E-state index contributed by atoms with van der Waals surface area (Å²) in [6.45, 7) is 18.4. The Kier molecular flexibility index (Phi) is 8.22. The lowest BCUT2D eigenvalue weighted by molar-refractivity contribution is -0.0173. The van der Waals surface area contributed by atoms with Crippen molar-refractivity contribution in [2.45, 2.75) is 116 Å². The summed E-state index contributed by atoms with van der Waals surface area (Å²) in [4.78, 5) is 0. The maximum absolute atomic E-state index is 10.1. The minimum atomic E-state index is -1.72. The third kappa shape index (κ3) is 5.76. The summed E-state index contributed by atoms with van der Waals surface area (Å²) in [7, 11) is -1.72. The monoisotopic (exact) mass is 521 g/mol. The number of alkyl halides is 1. The van der Waals surface area contributed by atoms with E-state index in [4.69, 9.17) is 4.43 Å². The normalized spacial score (nSPS) is 33.0. The third-order valence-corrected chi connectivity index (χ3v) is 13.8. The molecule has 1 radical (unpaired) electrons. The van der Waals surface area contributed by atoms with Gasteiger partial charge in [-0.05, 0) is 100 Å². The van der Waals surface area contributed by atoms with E-state index in [1.807, 2.05) is 13.8 Å². The van der Waals surface area contributed by atoms with Crippen molar-refractivity contribution in [1.29, 1.82) is 0 Å². The van der Waals surface area contributed by atoms with Gasteiger partial charge in [-0.1, -0.05) is 56.7 Å². The molecule has 2 aliphatic rings. The van der Waals surface area contributed by atoms with Crippen LogP contribution in [-0.2, 0) is 4.43 Å². The summed E-state index contributed by atoms with van der Waals surface area (Å²) in [5, 5.41) is 10.4. The van der Waals surface area contributed by atoms with E-state index in [-0.39, 0.29) is 5.04 Å². The lowest BCUT2D eigenvalue weighted by Gasteiger charge is -2.50. The van der Waals surface area contributed by atoms with Crippen LogP contribution in [0.15, 0.2) is 0 Å². The zero-order chi connectivity index (χ0) is 21.4. The number of fused-ring (bicyclic) bond motifs is 1. The van der Waals surface area contributed by atoms with Crippen LogP contribution in [0.3, 0.4) is 0 Å². The lowest BCUT2D eigenvalue weighted by atomic mass is 9.61. The molecule has 165 valence electrons. The molecular formula is C24H46IO2Si. The van der Waals surface area contributed by atoms with Gasteiger partial charge in [-0.25, -0.2) is 0 Å². The molecule has 0 aromatic heterocycles. The van der Waals surface area contributed by atoms with Crippen LogP contribution in [0.25, 0.3) is 0 Å². The van der Waals surface area contributed by atoms with Crippen molar-refractivity contribution in [2.75, 3.05) is 4.43 Å². The van der Waals surface area contributed by atoms with Crippen molar-refractivity contribution in [3.8, 4) is 0 Å². The predicted octanol–water partition coefficient (Wildman–Crippen LogP) is 7.40. The highest BCUT2D eigenvalue weighted by molar-refractivity contribution is 14.1. The van der Waals surface area contributed by atoms with Crippen molar-refractivity contribution >= 4 is 30.9 Å². The van der Waals surface area contributed by atoms with Gasteiger partial charge < -0.3 is 9.53 Å². The molecule has 0 aliphatic heterocycles. The highest BCUT2D eigenvalue weighted by Gasteiger charge is 2.54. The molecule has 0 bridgehead atoms.